The van der Waals surface area contributed by atoms with Gasteiger partial charge < -0.3 is 10.4 Å². The fourth-order valence-electron chi connectivity index (χ4n) is 1.03. The number of carbonyl (C=O) groups is 2. The van der Waals surface area contributed by atoms with E-state index in [0.29, 0.717) is 6.42 Å². The minimum atomic E-state index is -1.02. The molecule has 2 N–H and O–H groups in total. The molecule has 0 fully saturated rings. The Balaban J connectivity index is 4.17. The van der Waals surface area contributed by atoms with E-state index >= 15 is 0 Å². The summed E-state index contributed by atoms with van der Waals surface area (Å²) in [7, 11) is 0. The number of rotatable bonds is 5. The van der Waals surface area contributed by atoms with Gasteiger partial charge in [0.1, 0.15) is 6.04 Å². The molecular formula is C10H15NO3. The molecule has 0 saturated heterocycles. The lowest BCUT2D eigenvalue weighted by Crippen LogP contribution is -2.41. The van der Waals surface area contributed by atoms with Crippen LogP contribution in [0.5, 0.6) is 0 Å². The van der Waals surface area contributed by atoms with E-state index in [-0.39, 0.29) is 12.3 Å². The highest BCUT2D eigenvalue weighted by molar-refractivity contribution is 5.84. The molecule has 0 bridgehead atoms. The Hall–Kier alpha value is -1.50. The molecule has 78 valence electrons. The topological polar surface area (TPSA) is 66.4 Å². The third kappa shape index (κ3) is 5.20. The van der Waals surface area contributed by atoms with Gasteiger partial charge in [-0.25, -0.2) is 4.79 Å². The molecule has 0 aromatic carbocycles. The van der Waals surface area contributed by atoms with Crippen LogP contribution in [0.2, 0.25) is 0 Å². The van der Waals surface area contributed by atoms with Crippen molar-refractivity contribution in [2.24, 2.45) is 5.92 Å². The minimum absolute atomic E-state index is 0.0815. The number of nitrogens with one attached hydrogen (secondary N) is 1. The van der Waals surface area contributed by atoms with E-state index in [1.807, 2.05) is 13.8 Å². The van der Waals surface area contributed by atoms with Gasteiger partial charge in [-0.05, 0) is 12.3 Å². The summed E-state index contributed by atoms with van der Waals surface area (Å²) in [5.41, 5.74) is 0. The molecule has 0 aromatic heterocycles. The maximum Gasteiger partial charge on any atom is 0.326 e. The third-order valence-electron chi connectivity index (χ3n) is 1.60. The lowest BCUT2D eigenvalue weighted by atomic mass is 10.0. The lowest BCUT2D eigenvalue weighted by molar-refractivity contribution is -0.142. The quantitative estimate of drug-likeness (QED) is 0.635. The largest absolute Gasteiger partial charge is 0.480 e. The SMILES string of the molecule is C#CCC(=O)NC(CC(C)C)C(=O)O. The fraction of sp³-hybridized carbons (Fsp3) is 0.600. The van der Waals surface area contributed by atoms with Crippen molar-refractivity contribution in [3.05, 3.63) is 0 Å². The Morgan fingerprint density at radius 1 is 1.50 bits per heavy atom. The van der Waals surface area contributed by atoms with Crippen LogP contribution in [0.4, 0.5) is 0 Å². The van der Waals surface area contributed by atoms with Crippen LogP contribution in [-0.4, -0.2) is 23.0 Å². The zero-order chi connectivity index (χ0) is 11.1. The normalized spacial score (nSPS) is 11.9. The van der Waals surface area contributed by atoms with E-state index in [4.69, 9.17) is 11.5 Å². The van der Waals surface area contributed by atoms with Gasteiger partial charge >= 0.3 is 5.97 Å². The highest BCUT2D eigenvalue weighted by atomic mass is 16.4. The second-order valence-corrected chi connectivity index (χ2v) is 3.47. The molecular weight excluding hydrogens is 182 g/mol. The zero-order valence-corrected chi connectivity index (χ0v) is 8.41. The van der Waals surface area contributed by atoms with Gasteiger partial charge in [0.2, 0.25) is 5.91 Å². The lowest BCUT2D eigenvalue weighted by Gasteiger charge is -2.15. The van der Waals surface area contributed by atoms with Crippen molar-refractivity contribution < 1.29 is 14.7 Å². The van der Waals surface area contributed by atoms with Crippen molar-refractivity contribution in [2.45, 2.75) is 32.7 Å². The summed E-state index contributed by atoms with van der Waals surface area (Å²) in [4.78, 5) is 21.7. The van der Waals surface area contributed by atoms with Crippen LogP contribution in [0.15, 0.2) is 0 Å². The Morgan fingerprint density at radius 3 is 2.43 bits per heavy atom. The maximum atomic E-state index is 11.0. The number of terminal acetylenes is 1. The molecule has 4 nitrogen and oxygen atoms in total. The zero-order valence-electron chi connectivity index (χ0n) is 8.41. The number of hydrogen-bond acceptors (Lipinski definition) is 2. The first kappa shape index (κ1) is 12.5. The molecule has 0 saturated carbocycles. The average Bonchev–Trinajstić information content (AvgIpc) is 2.02. The number of amides is 1. The molecule has 14 heavy (non-hydrogen) atoms. The number of carboxylic acids is 1. The average molecular weight is 197 g/mol. The molecule has 0 heterocycles. The molecule has 0 aromatic rings. The standard InChI is InChI=1S/C10H15NO3/c1-4-5-9(12)11-8(10(13)14)6-7(2)3/h1,7-8H,5-6H2,2-3H3,(H,11,12)(H,13,14). The van der Waals surface area contributed by atoms with Gasteiger partial charge in [-0.15, -0.1) is 6.42 Å². The smallest absolute Gasteiger partial charge is 0.326 e. The van der Waals surface area contributed by atoms with E-state index in [9.17, 15) is 9.59 Å². The fourth-order valence-corrected chi connectivity index (χ4v) is 1.03. The van der Waals surface area contributed by atoms with Crippen molar-refractivity contribution >= 4 is 11.9 Å². The summed E-state index contributed by atoms with van der Waals surface area (Å²) >= 11 is 0. The van der Waals surface area contributed by atoms with E-state index in [1.165, 1.54) is 0 Å². The molecule has 0 radical (unpaired) electrons. The van der Waals surface area contributed by atoms with Gasteiger partial charge in [0.25, 0.3) is 0 Å². The Morgan fingerprint density at radius 2 is 2.07 bits per heavy atom. The van der Waals surface area contributed by atoms with Gasteiger partial charge in [0.05, 0.1) is 6.42 Å². The number of hydrogen-bond donors (Lipinski definition) is 2. The highest BCUT2D eigenvalue weighted by Gasteiger charge is 2.20. The van der Waals surface area contributed by atoms with Crippen molar-refractivity contribution in [1.82, 2.24) is 5.32 Å². The van der Waals surface area contributed by atoms with Gasteiger partial charge in [-0.3, -0.25) is 4.79 Å². The van der Waals surface area contributed by atoms with Gasteiger partial charge in [-0.1, -0.05) is 19.8 Å². The first-order chi connectivity index (χ1) is 6.47. The summed E-state index contributed by atoms with van der Waals surface area (Å²) in [5.74, 6) is 0.930. The first-order valence-corrected chi connectivity index (χ1v) is 4.43. The highest BCUT2D eigenvalue weighted by Crippen LogP contribution is 2.04. The predicted molar refractivity (Wildman–Crippen MR) is 52.5 cm³/mol. The second kappa shape index (κ2) is 6.03. The molecule has 0 rings (SSSR count). The minimum Gasteiger partial charge on any atom is -0.480 e. The third-order valence-corrected chi connectivity index (χ3v) is 1.60. The Kier molecular flexibility index (Phi) is 5.38. The Labute approximate surface area is 83.7 Å². The molecule has 1 atom stereocenters. The summed E-state index contributed by atoms with van der Waals surface area (Å²) in [6.45, 7) is 3.78. The number of carboxylic acid groups (broad SMARTS) is 1. The van der Waals surface area contributed by atoms with Crippen LogP contribution in [0.25, 0.3) is 0 Å². The van der Waals surface area contributed by atoms with Crippen LogP contribution in [0.3, 0.4) is 0 Å². The maximum absolute atomic E-state index is 11.0. The van der Waals surface area contributed by atoms with Crippen molar-refractivity contribution in [1.29, 1.82) is 0 Å². The molecule has 4 heteroatoms. The van der Waals surface area contributed by atoms with Crippen LogP contribution < -0.4 is 5.32 Å². The Bertz CT molecular complexity index is 253. The van der Waals surface area contributed by atoms with E-state index in [1.54, 1.807) is 0 Å². The summed E-state index contributed by atoms with van der Waals surface area (Å²) in [6, 6.07) is -0.837. The molecule has 1 amide bonds. The second-order valence-electron chi connectivity index (χ2n) is 3.47. The van der Waals surface area contributed by atoms with Gasteiger partial charge in [0.15, 0.2) is 0 Å². The van der Waals surface area contributed by atoms with Gasteiger partial charge in [0, 0.05) is 0 Å². The van der Waals surface area contributed by atoms with Crippen molar-refractivity contribution in [3.8, 4) is 12.3 Å². The molecule has 0 aliphatic rings. The monoisotopic (exact) mass is 197 g/mol. The molecule has 0 spiro atoms. The van der Waals surface area contributed by atoms with E-state index < -0.39 is 17.9 Å². The van der Waals surface area contributed by atoms with Crippen LogP contribution in [0.1, 0.15) is 26.7 Å². The van der Waals surface area contributed by atoms with Crippen molar-refractivity contribution in [2.75, 3.05) is 0 Å². The van der Waals surface area contributed by atoms with Gasteiger partial charge in [-0.2, -0.15) is 0 Å². The summed E-state index contributed by atoms with van der Waals surface area (Å²) < 4.78 is 0. The van der Waals surface area contributed by atoms with Crippen molar-refractivity contribution in [3.63, 3.8) is 0 Å². The first-order valence-electron chi connectivity index (χ1n) is 4.43. The molecule has 0 aliphatic heterocycles. The van der Waals surface area contributed by atoms with Crippen LogP contribution >= 0.6 is 0 Å². The summed E-state index contributed by atoms with van der Waals surface area (Å²) in [5, 5.41) is 11.1. The van der Waals surface area contributed by atoms with E-state index in [2.05, 4.69) is 11.2 Å². The van der Waals surface area contributed by atoms with E-state index in [0.717, 1.165) is 0 Å². The molecule has 1 unspecified atom stereocenters. The van der Waals surface area contributed by atoms with Crippen LogP contribution in [-0.2, 0) is 9.59 Å². The van der Waals surface area contributed by atoms with Crippen LogP contribution in [0, 0.1) is 18.3 Å². The molecule has 0 aliphatic carbocycles. The summed E-state index contributed by atoms with van der Waals surface area (Å²) in [6.07, 6.45) is 5.25. The predicted octanol–water partition coefficient (Wildman–Crippen LogP) is 0.625. The number of aliphatic carboxylic acids is 1. The number of carbonyl (C=O) groups excluding carboxylic acids is 1.